The number of pyridine rings is 1. The topological polar surface area (TPSA) is 100 Å². The Kier molecular flexibility index (Phi) is 5.89. The SMILES string of the molecule is Cc1cc(NC(=O)CN2CCC(c3ccc(C(=O)NCC4CC4)cn3)CC2)no1. The number of aromatic nitrogens is 2. The largest absolute Gasteiger partial charge is 0.360 e. The van der Waals surface area contributed by atoms with Crippen LogP contribution >= 0.6 is 0 Å². The van der Waals surface area contributed by atoms with Crippen molar-refractivity contribution >= 4 is 17.6 Å². The van der Waals surface area contributed by atoms with Crippen LogP contribution in [-0.2, 0) is 4.79 Å². The lowest BCUT2D eigenvalue weighted by atomic mass is 9.93. The fraction of sp³-hybridized carbons (Fsp3) is 0.524. The Labute approximate surface area is 170 Å². The summed E-state index contributed by atoms with van der Waals surface area (Å²) in [7, 11) is 0. The maximum atomic E-state index is 12.2. The van der Waals surface area contributed by atoms with E-state index in [9.17, 15) is 9.59 Å². The van der Waals surface area contributed by atoms with E-state index < -0.39 is 0 Å². The molecule has 0 unspecified atom stereocenters. The molecule has 2 aromatic rings. The predicted molar refractivity (Wildman–Crippen MR) is 108 cm³/mol. The zero-order valence-corrected chi connectivity index (χ0v) is 16.7. The highest BCUT2D eigenvalue weighted by Gasteiger charge is 2.24. The zero-order valence-electron chi connectivity index (χ0n) is 16.7. The number of piperidine rings is 1. The number of anilines is 1. The fourth-order valence-electron chi connectivity index (χ4n) is 3.64. The fourth-order valence-corrected chi connectivity index (χ4v) is 3.64. The van der Waals surface area contributed by atoms with E-state index in [2.05, 4.69) is 25.7 Å². The van der Waals surface area contributed by atoms with Crippen LogP contribution in [0.4, 0.5) is 5.82 Å². The summed E-state index contributed by atoms with van der Waals surface area (Å²) < 4.78 is 4.96. The molecule has 3 heterocycles. The van der Waals surface area contributed by atoms with Crippen LogP contribution in [0.25, 0.3) is 0 Å². The van der Waals surface area contributed by atoms with E-state index in [1.807, 2.05) is 12.1 Å². The molecule has 0 radical (unpaired) electrons. The Morgan fingerprint density at radius 2 is 2.00 bits per heavy atom. The molecule has 2 aromatic heterocycles. The number of likely N-dealkylation sites (tertiary alicyclic amines) is 1. The quantitative estimate of drug-likeness (QED) is 0.744. The van der Waals surface area contributed by atoms with Gasteiger partial charge in [-0.25, -0.2) is 0 Å². The van der Waals surface area contributed by atoms with Crippen molar-refractivity contribution in [3.63, 3.8) is 0 Å². The maximum absolute atomic E-state index is 12.2. The predicted octanol–water partition coefficient (Wildman–Crippen LogP) is 2.34. The molecule has 8 nitrogen and oxygen atoms in total. The number of hydrogen-bond acceptors (Lipinski definition) is 6. The molecule has 8 heteroatoms. The number of hydrogen-bond donors (Lipinski definition) is 2. The Morgan fingerprint density at radius 3 is 2.62 bits per heavy atom. The van der Waals surface area contributed by atoms with Crippen molar-refractivity contribution in [2.75, 3.05) is 31.5 Å². The lowest BCUT2D eigenvalue weighted by Crippen LogP contribution is -2.38. The molecule has 154 valence electrons. The van der Waals surface area contributed by atoms with E-state index in [1.54, 1.807) is 19.2 Å². The van der Waals surface area contributed by atoms with Gasteiger partial charge in [-0.2, -0.15) is 0 Å². The van der Waals surface area contributed by atoms with Crippen LogP contribution in [0.15, 0.2) is 28.9 Å². The molecule has 29 heavy (non-hydrogen) atoms. The second-order valence-electron chi connectivity index (χ2n) is 8.05. The summed E-state index contributed by atoms with van der Waals surface area (Å²) in [5.74, 6) is 2.01. The van der Waals surface area contributed by atoms with E-state index >= 15 is 0 Å². The van der Waals surface area contributed by atoms with Crippen molar-refractivity contribution < 1.29 is 14.1 Å². The monoisotopic (exact) mass is 397 g/mol. The number of nitrogens with zero attached hydrogens (tertiary/aromatic N) is 3. The Balaban J connectivity index is 1.22. The molecule has 1 aliphatic carbocycles. The number of aryl methyl sites for hydroxylation is 1. The third-order valence-corrected chi connectivity index (χ3v) is 5.57. The number of carbonyl (C=O) groups is 2. The van der Waals surface area contributed by atoms with Crippen LogP contribution in [-0.4, -0.2) is 53.0 Å². The van der Waals surface area contributed by atoms with Gasteiger partial charge >= 0.3 is 0 Å². The number of nitrogens with one attached hydrogen (secondary N) is 2. The van der Waals surface area contributed by atoms with Gasteiger partial charge in [0, 0.05) is 30.4 Å². The average molecular weight is 397 g/mol. The summed E-state index contributed by atoms with van der Waals surface area (Å²) >= 11 is 0. The smallest absolute Gasteiger partial charge is 0.252 e. The minimum absolute atomic E-state index is 0.0425. The van der Waals surface area contributed by atoms with E-state index in [0.717, 1.165) is 38.2 Å². The Bertz CT molecular complexity index is 851. The molecule has 1 aliphatic heterocycles. The van der Waals surface area contributed by atoms with Gasteiger partial charge in [0.25, 0.3) is 5.91 Å². The molecule has 4 rings (SSSR count). The van der Waals surface area contributed by atoms with E-state index in [1.165, 1.54) is 12.8 Å². The first-order chi connectivity index (χ1) is 14.1. The van der Waals surface area contributed by atoms with Gasteiger partial charge < -0.3 is 15.2 Å². The summed E-state index contributed by atoms with van der Waals surface area (Å²) in [5.41, 5.74) is 1.64. The molecule has 1 saturated heterocycles. The van der Waals surface area contributed by atoms with Crippen LogP contribution in [0.5, 0.6) is 0 Å². The third-order valence-electron chi connectivity index (χ3n) is 5.57. The molecule has 1 saturated carbocycles. The molecular weight excluding hydrogens is 370 g/mol. The molecule has 0 bridgehead atoms. The first kappa shape index (κ1) is 19.6. The van der Waals surface area contributed by atoms with E-state index in [-0.39, 0.29) is 11.8 Å². The van der Waals surface area contributed by atoms with E-state index in [0.29, 0.717) is 35.5 Å². The number of carbonyl (C=O) groups excluding carboxylic acids is 2. The molecular formula is C21H27N5O3. The molecule has 0 atom stereocenters. The van der Waals surface area contributed by atoms with Gasteiger partial charge in [0.1, 0.15) is 5.76 Å². The first-order valence-corrected chi connectivity index (χ1v) is 10.3. The van der Waals surface area contributed by atoms with E-state index in [4.69, 9.17) is 4.52 Å². The summed E-state index contributed by atoms with van der Waals surface area (Å²) in [4.78, 5) is 31.0. The van der Waals surface area contributed by atoms with Crippen LogP contribution in [0.2, 0.25) is 0 Å². The Morgan fingerprint density at radius 1 is 1.21 bits per heavy atom. The Hall–Kier alpha value is -2.74. The van der Waals surface area contributed by atoms with Crippen LogP contribution in [0.3, 0.4) is 0 Å². The van der Waals surface area contributed by atoms with Crippen LogP contribution in [0.1, 0.15) is 53.4 Å². The second kappa shape index (κ2) is 8.73. The van der Waals surface area contributed by atoms with Gasteiger partial charge in [0.2, 0.25) is 5.91 Å². The molecule has 2 aliphatic rings. The summed E-state index contributed by atoms with van der Waals surface area (Å²) in [6, 6.07) is 5.53. The van der Waals surface area contributed by atoms with Gasteiger partial charge in [-0.3, -0.25) is 19.5 Å². The third kappa shape index (κ3) is 5.41. The van der Waals surface area contributed by atoms with Crippen LogP contribution in [0, 0.1) is 12.8 Å². The van der Waals surface area contributed by atoms with Gasteiger partial charge in [-0.1, -0.05) is 5.16 Å². The molecule has 2 amide bonds. The number of amides is 2. The second-order valence-corrected chi connectivity index (χ2v) is 8.05. The molecule has 0 aromatic carbocycles. The van der Waals surface area contributed by atoms with Crippen LogP contribution < -0.4 is 10.6 Å². The zero-order chi connectivity index (χ0) is 20.2. The van der Waals surface area contributed by atoms with Gasteiger partial charge in [0.15, 0.2) is 5.82 Å². The summed E-state index contributed by atoms with van der Waals surface area (Å²) in [6.07, 6.45) is 6.00. The van der Waals surface area contributed by atoms with Gasteiger partial charge in [0.05, 0.1) is 12.1 Å². The first-order valence-electron chi connectivity index (χ1n) is 10.3. The van der Waals surface area contributed by atoms with Gasteiger partial charge in [-0.15, -0.1) is 0 Å². The minimum atomic E-state index is -0.0866. The van der Waals surface area contributed by atoms with Crippen molar-refractivity contribution in [3.8, 4) is 0 Å². The molecule has 0 spiro atoms. The minimum Gasteiger partial charge on any atom is -0.360 e. The summed E-state index contributed by atoms with van der Waals surface area (Å²) in [6.45, 7) is 4.56. The van der Waals surface area contributed by atoms with Crippen molar-refractivity contribution in [2.24, 2.45) is 5.92 Å². The number of rotatable bonds is 7. The lowest BCUT2D eigenvalue weighted by Gasteiger charge is -2.31. The average Bonchev–Trinajstić information content (AvgIpc) is 3.47. The normalized spacial score (nSPS) is 17.8. The van der Waals surface area contributed by atoms with Gasteiger partial charge in [-0.05, 0) is 63.7 Å². The van der Waals surface area contributed by atoms with Crippen molar-refractivity contribution in [2.45, 2.75) is 38.5 Å². The summed E-state index contributed by atoms with van der Waals surface area (Å²) in [5, 5.41) is 9.50. The highest BCUT2D eigenvalue weighted by molar-refractivity contribution is 5.93. The van der Waals surface area contributed by atoms with Crippen molar-refractivity contribution in [3.05, 3.63) is 41.4 Å². The maximum Gasteiger partial charge on any atom is 0.252 e. The highest BCUT2D eigenvalue weighted by atomic mass is 16.5. The highest BCUT2D eigenvalue weighted by Crippen LogP contribution is 2.28. The lowest BCUT2D eigenvalue weighted by molar-refractivity contribution is -0.117. The van der Waals surface area contributed by atoms with Crippen molar-refractivity contribution in [1.29, 1.82) is 0 Å². The molecule has 2 N–H and O–H groups in total. The standard InChI is InChI=1S/C21H27N5O3/c1-14-10-19(25-29-14)24-20(27)13-26-8-6-16(7-9-26)18-5-4-17(12-22-18)21(28)23-11-15-2-3-15/h4-5,10,12,15-16H,2-3,6-9,11,13H2,1H3,(H,23,28)(H,24,25,27). The van der Waals surface area contributed by atoms with Crippen molar-refractivity contribution in [1.82, 2.24) is 20.4 Å². The molecule has 2 fully saturated rings.